The Hall–Kier alpha value is 0.310. The normalized spacial score (nSPS) is 11.9. The van der Waals surface area contributed by atoms with Gasteiger partial charge in [-0.25, -0.2) is 0 Å². The number of guanidine groups is 1. The second-order valence-corrected chi connectivity index (χ2v) is 6.65. The van der Waals surface area contributed by atoms with Crippen LogP contribution in [-0.2, 0) is 4.74 Å². The minimum absolute atomic E-state index is 0. The molecule has 0 saturated carbocycles. The molecule has 0 atom stereocenters. The van der Waals surface area contributed by atoms with Gasteiger partial charge in [0.25, 0.3) is 0 Å². The number of rotatable bonds is 10. The lowest BCUT2D eigenvalue weighted by Gasteiger charge is -2.23. The molecule has 122 valence electrons. The fourth-order valence-corrected chi connectivity index (χ4v) is 1.54. The molecule has 4 nitrogen and oxygen atoms in total. The van der Waals surface area contributed by atoms with Gasteiger partial charge < -0.3 is 15.4 Å². The molecule has 6 heteroatoms. The van der Waals surface area contributed by atoms with Gasteiger partial charge in [-0.3, -0.25) is 4.99 Å². The fourth-order valence-electron chi connectivity index (χ4n) is 1.32. The van der Waals surface area contributed by atoms with Gasteiger partial charge in [-0.05, 0) is 32.9 Å². The van der Waals surface area contributed by atoms with Crippen molar-refractivity contribution in [1.29, 1.82) is 0 Å². The number of aliphatic imine (C=N–C) groups is 1. The topological polar surface area (TPSA) is 45.6 Å². The zero-order valence-corrected chi connectivity index (χ0v) is 16.8. The van der Waals surface area contributed by atoms with Crippen LogP contribution in [0.25, 0.3) is 0 Å². The number of nitrogens with zero attached hydrogens (tertiary/aromatic N) is 1. The summed E-state index contributed by atoms with van der Waals surface area (Å²) < 4.78 is 5.74. The standard InChI is InChI=1S/C14H31N3OS.HI/c1-6-7-10-18-11-8-9-16-13(15-4)17-12-14(2,3)19-5;/h6-12H2,1-5H3,(H2,15,16,17);1H. The first kappa shape index (κ1) is 22.6. The van der Waals surface area contributed by atoms with Crippen molar-refractivity contribution in [3.8, 4) is 0 Å². The molecule has 0 bridgehead atoms. The van der Waals surface area contributed by atoms with E-state index in [1.54, 1.807) is 7.05 Å². The number of thioether (sulfide) groups is 1. The van der Waals surface area contributed by atoms with Crippen LogP contribution in [0.3, 0.4) is 0 Å². The Morgan fingerprint density at radius 2 is 1.85 bits per heavy atom. The highest BCUT2D eigenvalue weighted by molar-refractivity contribution is 14.0. The van der Waals surface area contributed by atoms with Crippen molar-refractivity contribution < 1.29 is 4.74 Å². The molecule has 0 spiro atoms. The average Bonchev–Trinajstić information content (AvgIpc) is 2.41. The lowest BCUT2D eigenvalue weighted by molar-refractivity contribution is 0.129. The van der Waals surface area contributed by atoms with Crippen LogP contribution in [0.5, 0.6) is 0 Å². The van der Waals surface area contributed by atoms with E-state index in [0.29, 0.717) is 0 Å². The van der Waals surface area contributed by atoms with Gasteiger partial charge in [-0.2, -0.15) is 11.8 Å². The van der Waals surface area contributed by atoms with Gasteiger partial charge in [0.05, 0.1) is 0 Å². The van der Waals surface area contributed by atoms with E-state index in [1.165, 1.54) is 6.42 Å². The zero-order chi connectivity index (χ0) is 14.6. The lowest BCUT2D eigenvalue weighted by Crippen LogP contribution is -2.43. The number of hydrogen-bond acceptors (Lipinski definition) is 3. The van der Waals surface area contributed by atoms with Crippen molar-refractivity contribution >= 4 is 41.7 Å². The first-order valence-corrected chi connectivity index (χ1v) is 8.35. The molecule has 0 aromatic rings. The first-order chi connectivity index (χ1) is 9.05. The molecule has 0 aliphatic heterocycles. The summed E-state index contributed by atoms with van der Waals surface area (Å²) in [5.74, 6) is 0.871. The quantitative estimate of drug-likeness (QED) is 0.248. The smallest absolute Gasteiger partial charge is 0.191 e. The number of unbranched alkanes of at least 4 members (excludes halogenated alkanes) is 1. The summed E-state index contributed by atoms with van der Waals surface area (Å²) in [6, 6.07) is 0. The molecule has 0 aliphatic rings. The SMILES string of the molecule is CCCCOCCCNC(=NC)NCC(C)(C)SC.I. The third-order valence-electron chi connectivity index (χ3n) is 2.86. The third-order valence-corrected chi connectivity index (χ3v) is 4.11. The van der Waals surface area contributed by atoms with E-state index in [4.69, 9.17) is 4.74 Å². The van der Waals surface area contributed by atoms with Crippen molar-refractivity contribution in [2.75, 3.05) is 39.6 Å². The molecule has 0 rings (SSSR count). The Balaban J connectivity index is 0. The van der Waals surface area contributed by atoms with Gasteiger partial charge in [-0.15, -0.1) is 24.0 Å². The lowest BCUT2D eigenvalue weighted by atomic mass is 10.2. The predicted molar refractivity (Wildman–Crippen MR) is 103 cm³/mol. The largest absolute Gasteiger partial charge is 0.381 e. The highest BCUT2D eigenvalue weighted by Crippen LogP contribution is 2.19. The fraction of sp³-hybridized carbons (Fsp3) is 0.929. The van der Waals surface area contributed by atoms with Gasteiger partial charge in [0.2, 0.25) is 0 Å². The van der Waals surface area contributed by atoms with Crippen LogP contribution in [0.2, 0.25) is 0 Å². The van der Waals surface area contributed by atoms with Crippen molar-refractivity contribution in [2.24, 2.45) is 4.99 Å². The van der Waals surface area contributed by atoms with Crippen LogP contribution in [0.4, 0.5) is 0 Å². The summed E-state index contributed by atoms with van der Waals surface area (Å²) in [5, 5.41) is 6.66. The number of ether oxygens (including phenoxy) is 1. The molecule has 0 heterocycles. The average molecular weight is 417 g/mol. The van der Waals surface area contributed by atoms with Crippen LogP contribution in [0.15, 0.2) is 4.99 Å². The molecule has 0 aromatic heterocycles. The Morgan fingerprint density at radius 3 is 2.40 bits per heavy atom. The Bertz CT molecular complexity index is 251. The van der Waals surface area contributed by atoms with Crippen LogP contribution >= 0.6 is 35.7 Å². The maximum atomic E-state index is 5.52. The molecule has 0 amide bonds. The van der Waals surface area contributed by atoms with Crippen LogP contribution in [0, 0.1) is 0 Å². The van der Waals surface area contributed by atoms with Gasteiger partial charge in [0.15, 0.2) is 5.96 Å². The molecule has 0 radical (unpaired) electrons. The van der Waals surface area contributed by atoms with E-state index in [9.17, 15) is 0 Å². The predicted octanol–water partition coefficient (Wildman–Crippen LogP) is 3.12. The molecule has 0 aliphatic carbocycles. The Kier molecular flexibility index (Phi) is 16.1. The van der Waals surface area contributed by atoms with Gasteiger partial charge in [-0.1, -0.05) is 13.3 Å². The van der Waals surface area contributed by atoms with Crippen LogP contribution < -0.4 is 10.6 Å². The molecular formula is C14H32IN3OS. The molecule has 0 aromatic carbocycles. The minimum atomic E-state index is 0. The highest BCUT2D eigenvalue weighted by Gasteiger charge is 2.15. The third kappa shape index (κ3) is 13.3. The maximum Gasteiger partial charge on any atom is 0.191 e. The number of nitrogens with one attached hydrogen (secondary N) is 2. The van der Waals surface area contributed by atoms with Gasteiger partial charge in [0, 0.05) is 38.1 Å². The number of halogens is 1. The summed E-state index contributed by atoms with van der Waals surface area (Å²) in [7, 11) is 1.80. The molecular weight excluding hydrogens is 385 g/mol. The second-order valence-electron chi connectivity index (χ2n) is 5.14. The number of hydrogen-bond donors (Lipinski definition) is 2. The van der Waals surface area contributed by atoms with Crippen LogP contribution in [0.1, 0.15) is 40.0 Å². The summed E-state index contributed by atoms with van der Waals surface area (Å²) in [6.07, 6.45) is 5.49. The Labute approximate surface area is 146 Å². The van der Waals surface area contributed by atoms with E-state index >= 15 is 0 Å². The van der Waals surface area contributed by atoms with E-state index in [0.717, 1.165) is 45.1 Å². The van der Waals surface area contributed by atoms with Crippen LogP contribution in [-0.4, -0.2) is 50.3 Å². The maximum absolute atomic E-state index is 5.52. The van der Waals surface area contributed by atoms with Crippen molar-refractivity contribution in [3.05, 3.63) is 0 Å². The molecule has 2 N–H and O–H groups in total. The van der Waals surface area contributed by atoms with Crippen molar-refractivity contribution in [2.45, 2.75) is 44.8 Å². The first-order valence-electron chi connectivity index (χ1n) is 7.13. The van der Waals surface area contributed by atoms with E-state index in [2.05, 4.69) is 42.7 Å². The zero-order valence-electron chi connectivity index (χ0n) is 13.6. The summed E-state index contributed by atoms with van der Waals surface area (Å²) in [4.78, 5) is 4.22. The van der Waals surface area contributed by atoms with E-state index in [1.807, 2.05) is 11.8 Å². The summed E-state index contributed by atoms with van der Waals surface area (Å²) >= 11 is 1.85. The highest BCUT2D eigenvalue weighted by atomic mass is 127. The molecule has 0 fully saturated rings. The monoisotopic (exact) mass is 417 g/mol. The van der Waals surface area contributed by atoms with Crippen molar-refractivity contribution in [1.82, 2.24) is 10.6 Å². The van der Waals surface area contributed by atoms with Gasteiger partial charge in [0.1, 0.15) is 0 Å². The molecule has 20 heavy (non-hydrogen) atoms. The van der Waals surface area contributed by atoms with E-state index < -0.39 is 0 Å². The Morgan fingerprint density at radius 1 is 1.20 bits per heavy atom. The minimum Gasteiger partial charge on any atom is -0.381 e. The molecule has 0 unspecified atom stereocenters. The molecule has 0 saturated heterocycles. The second kappa shape index (κ2) is 14.3. The van der Waals surface area contributed by atoms with E-state index in [-0.39, 0.29) is 28.7 Å². The summed E-state index contributed by atoms with van der Waals surface area (Å²) in [6.45, 7) is 10.1. The van der Waals surface area contributed by atoms with Crippen molar-refractivity contribution in [3.63, 3.8) is 0 Å². The summed E-state index contributed by atoms with van der Waals surface area (Å²) in [5.41, 5.74) is 0. The van der Waals surface area contributed by atoms with Gasteiger partial charge >= 0.3 is 0 Å².